The van der Waals surface area contributed by atoms with E-state index in [0.717, 1.165) is 4.90 Å². The van der Waals surface area contributed by atoms with Gasteiger partial charge in [-0.05, 0) is 36.4 Å². The molecule has 0 unspecified atom stereocenters. The lowest BCUT2D eigenvalue weighted by molar-refractivity contribution is 0.282. The number of aliphatic hydroxyl groups is 1. The van der Waals surface area contributed by atoms with Gasteiger partial charge in [0.15, 0.2) is 5.16 Å². The number of aliphatic hydroxyl groups excluding tert-OH is 1. The molecule has 2 N–H and O–H groups in total. The van der Waals surface area contributed by atoms with Crippen molar-refractivity contribution < 1.29 is 5.11 Å². The Balaban J connectivity index is 2.28. The molecule has 1 aromatic heterocycles. The maximum Gasteiger partial charge on any atom is 0.343 e. The Morgan fingerprint density at radius 3 is 2.94 bits per heavy atom. The molecule has 0 fully saturated rings. The number of rotatable bonds is 4. The predicted molar refractivity (Wildman–Crippen MR) is 70.0 cm³/mol. The Morgan fingerprint density at radius 2 is 2.33 bits per heavy atom. The van der Waals surface area contributed by atoms with Crippen molar-refractivity contribution in [3.8, 4) is 0 Å². The van der Waals surface area contributed by atoms with Crippen LogP contribution in [0.25, 0.3) is 0 Å². The predicted octanol–water partition coefficient (Wildman–Crippen LogP) is 1.89. The Hall–Kier alpha value is -1.24. The number of nitrogens with one attached hydrogen (secondary N) is 1. The van der Waals surface area contributed by atoms with Gasteiger partial charge in [-0.15, -0.1) is 5.10 Å². The van der Waals surface area contributed by atoms with Gasteiger partial charge in [0, 0.05) is 16.5 Å². The van der Waals surface area contributed by atoms with Crippen LogP contribution < -0.4 is 5.69 Å². The molecule has 2 aromatic rings. The molecule has 0 aliphatic carbocycles. The minimum atomic E-state index is -0.224. The SMILES string of the molecule is CCn1c(Sc2ccc(CO)c(Cl)c2)n[nH]c1=O. The standard InChI is InChI=1S/C11H12ClN3O2S/c1-2-15-10(17)13-14-11(15)18-8-4-3-7(6-16)9(12)5-8/h3-5,16H,2,6H2,1H3,(H,13,17). The lowest BCUT2D eigenvalue weighted by Gasteiger charge is -2.05. The van der Waals surface area contributed by atoms with Gasteiger partial charge in [-0.1, -0.05) is 17.7 Å². The number of H-pyrrole nitrogens is 1. The van der Waals surface area contributed by atoms with E-state index < -0.39 is 0 Å². The van der Waals surface area contributed by atoms with E-state index in [1.165, 1.54) is 11.8 Å². The van der Waals surface area contributed by atoms with Gasteiger partial charge in [-0.3, -0.25) is 4.57 Å². The van der Waals surface area contributed by atoms with E-state index in [0.29, 0.717) is 22.3 Å². The highest BCUT2D eigenvalue weighted by Crippen LogP contribution is 2.29. The minimum Gasteiger partial charge on any atom is -0.392 e. The number of halogens is 1. The number of nitrogens with zero attached hydrogens (tertiary/aromatic N) is 2. The van der Waals surface area contributed by atoms with Gasteiger partial charge >= 0.3 is 5.69 Å². The van der Waals surface area contributed by atoms with Crippen LogP contribution in [0.1, 0.15) is 12.5 Å². The Bertz CT molecular complexity index is 609. The molecule has 2 rings (SSSR count). The molecule has 18 heavy (non-hydrogen) atoms. The summed E-state index contributed by atoms with van der Waals surface area (Å²) >= 11 is 7.35. The summed E-state index contributed by atoms with van der Waals surface area (Å²) in [5.74, 6) is 0. The van der Waals surface area contributed by atoms with Crippen LogP contribution in [-0.4, -0.2) is 19.9 Å². The van der Waals surface area contributed by atoms with Crippen LogP contribution in [0.5, 0.6) is 0 Å². The highest BCUT2D eigenvalue weighted by Gasteiger charge is 2.09. The molecule has 5 nitrogen and oxygen atoms in total. The van der Waals surface area contributed by atoms with Gasteiger partial charge in [-0.2, -0.15) is 0 Å². The number of aromatic amines is 1. The van der Waals surface area contributed by atoms with E-state index in [2.05, 4.69) is 10.2 Å². The van der Waals surface area contributed by atoms with Crippen LogP contribution in [0.2, 0.25) is 5.02 Å². The molecule has 0 amide bonds. The fourth-order valence-electron chi connectivity index (χ4n) is 1.49. The third kappa shape index (κ3) is 2.60. The molecule has 0 radical (unpaired) electrons. The van der Waals surface area contributed by atoms with Crippen molar-refractivity contribution >= 4 is 23.4 Å². The third-order valence-electron chi connectivity index (χ3n) is 2.44. The molecule has 1 aromatic carbocycles. The second-order valence-corrected chi connectivity index (χ2v) is 5.02. The zero-order valence-electron chi connectivity index (χ0n) is 9.68. The maximum atomic E-state index is 11.4. The van der Waals surface area contributed by atoms with E-state index in [1.54, 1.807) is 16.7 Å². The first-order valence-corrected chi connectivity index (χ1v) is 6.57. The Morgan fingerprint density at radius 1 is 1.56 bits per heavy atom. The summed E-state index contributed by atoms with van der Waals surface area (Å²) < 4.78 is 1.54. The number of benzene rings is 1. The first kappa shape index (κ1) is 13.2. The summed E-state index contributed by atoms with van der Waals surface area (Å²) in [5.41, 5.74) is 0.453. The van der Waals surface area contributed by atoms with Crippen LogP contribution in [0, 0.1) is 0 Å². The van der Waals surface area contributed by atoms with Crippen molar-refractivity contribution in [1.29, 1.82) is 0 Å². The van der Waals surface area contributed by atoms with Crippen LogP contribution in [0.3, 0.4) is 0 Å². The van der Waals surface area contributed by atoms with Crippen molar-refractivity contribution in [3.63, 3.8) is 0 Å². The van der Waals surface area contributed by atoms with Gasteiger partial charge in [-0.25, -0.2) is 9.89 Å². The van der Waals surface area contributed by atoms with E-state index >= 15 is 0 Å². The van der Waals surface area contributed by atoms with Crippen LogP contribution in [0.4, 0.5) is 0 Å². The highest BCUT2D eigenvalue weighted by molar-refractivity contribution is 7.99. The molecule has 7 heteroatoms. The summed E-state index contributed by atoms with van der Waals surface area (Å²) in [6.07, 6.45) is 0. The van der Waals surface area contributed by atoms with Gasteiger partial charge in [0.1, 0.15) is 0 Å². The molecular formula is C11H12ClN3O2S. The smallest absolute Gasteiger partial charge is 0.343 e. The molecule has 0 saturated heterocycles. The minimum absolute atomic E-state index is 0.0914. The van der Waals surface area contributed by atoms with Crippen molar-refractivity contribution in [2.75, 3.05) is 0 Å². The summed E-state index contributed by atoms with van der Waals surface area (Å²) in [5, 5.41) is 16.5. The Labute approximate surface area is 113 Å². The topological polar surface area (TPSA) is 70.9 Å². The highest BCUT2D eigenvalue weighted by atomic mass is 35.5. The fourth-order valence-corrected chi connectivity index (χ4v) is 2.73. The first-order chi connectivity index (χ1) is 8.65. The van der Waals surface area contributed by atoms with Gasteiger partial charge in [0.2, 0.25) is 0 Å². The molecule has 0 aliphatic heterocycles. The van der Waals surface area contributed by atoms with Crippen LogP contribution >= 0.6 is 23.4 Å². The second-order valence-electron chi connectivity index (χ2n) is 3.57. The maximum absolute atomic E-state index is 11.4. The summed E-state index contributed by atoms with van der Waals surface area (Å²) in [6, 6.07) is 5.34. The molecule has 0 saturated carbocycles. The zero-order valence-corrected chi connectivity index (χ0v) is 11.3. The van der Waals surface area contributed by atoms with E-state index in [-0.39, 0.29) is 12.3 Å². The summed E-state index contributed by atoms with van der Waals surface area (Å²) in [6.45, 7) is 2.34. The second kappa shape index (κ2) is 5.60. The molecule has 96 valence electrons. The van der Waals surface area contributed by atoms with Crippen molar-refractivity contribution in [2.24, 2.45) is 0 Å². The third-order valence-corrected chi connectivity index (χ3v) is 3.78. The van der Waals surface area contributed by atoms with Gasteiger partial charge in [0.25, 0.3) is 0 Å². The lowest BCUT2D eigenvalue weighted by atomic mass is 10.2. The average molecular weight is 286 g/mol. The van der Waals surface area contributed by atoms with E-state index in [4.69, 9.17) is 16.7 Å². The van der Waals surface area contributed by atoms with Crippen molar-refractivity contribution in [3.05, 3.63) is 39.3 Å². The number of hydrogen-bond donors (Lipinski definition) is 2. The summed E-state index contributed by atoms with van der Waals surface area (Å²) in [7, 11) is 0. The van der Waals surface area contributed by atoms with E-state index in [1.807, 2.05) is 13.0 Å². The quantitative estimate of drug-likeness (QED) is 0.900. The van der Waals surface area contributed by atoms with Gasteiger partial charge in [0.05, 0.1) is 6.61 Å². The molecule has 0 bridgehead atoms. The van der Waals surface area contributed by atoms with Crippen molar-refractivity contribution in [2.45, 2.75) is 30.1 Å². The van der Waals surface area contributed by atoms with Crippen LogP contribution in [-0.2, 0) is 13.2 Å². The average Bonchev–Trinajstić information content (AvgIpc) is 2.70. The normalized spacial score (nSPS) is 10.8. The van der Waals surface area contributed by atoms with Gasteiger partial charge < -0.3 is 5.11 Å². The lowest BCUT2D eigenvalue weighted by Crippen LogP contribution is -2.15. The Kier molecular flexibility index (Phi) is 4.11. The number of hydrogen-bond acceptors (Lipinski definition) is 4. The first-order valence-electron chi connectivity index (χ1n) is 5.38. The molecule has 1 heterocycles. The summed E-state index contributed by atoms with van der Waals surface area (Å²) in [4.78, 5) is 12.3. The molecule has 0 spiro atoms. The molecule has 0 aliphatic rings. The largest absolute Gasteiger partial charge is 0.392 e. The molecular weight excluding hydrogens is 274 g/mol. The molecule has 0 atom stereocenters. The monoisotopic (exact) mass is 285 g/mol. The van der Waals surface area contributed by atoms with Crippen molar-refractivity contribution in [1.82, 2.24) is 14.8 Å². The van der Waals surface area contributed by atoms with Crippen LogP contribution in [0.15, 0.2) is 33.0 Å². The number of aromatic nitrogens is 3. The fraction of sp³-hybridized carbons (Fsp3) is 0.273. The van der Waals surface area contributed by atoms with E-state index in [9.17, 15) is 4.79 Å². The zero-order chi connectivity index (χ0) is 13.1.